The zero-order chi connectivity index (χ0) is 13.7. The van der Waals surface area contributed by atoms with E-state index in [1.165, 1.54) is 0 Å². The lowest BCUT2D eigenvalue weighted by atomic mass is 10.1. The number of aliphatic hydroxyl groups excluding tert-OH is 1. The Morgan fingerprint density at radius 3 is 2.61 bits per heavy atom. The fourth-order valence-corrected chi connectivity index (χ4v) is 1.56. The molecule has 0 aliphatic heterocycles. The maximum Gasteiger partial charge on any atom is 0.339 e. The first-order valence-corrected chi connectivity index (χ1v) is 5.96. The number of carbonyl (C=O) groups is 1. The summed E-state index contributed by atoms with van der Waals surface area (Å²) in [6.07, 6.45) is 0.834. The number of carboxylic acid groups (broad SMARTS) is 1. The molecule has 0 saturated heterocycles. The molecule has 0 bridgehead atoms. The minimum atomic E-state index is -1.02. The topological polar surface area (TPSA) is 95.3 Å². The smallest absolute Gasteiger partial charge is 0.339 e. The number of hydrogen-bond acceptors (Lipinski definition) is 5. The SMILES string of the molecule is CCC(O)CCNc1nnc(C)c(C)c1C(=O)O. The Morgan fingerprint density at radius 1 is 1.39 bits per heavy atom. The van der Waals surface area contributed by atoms with Crippen molar-refractivity contribution >= 4 is 11.8 Å². The van der Waals surface area contributed by atoms with Gasteiger partial charge in [0.25, 0.3) is 0 Å². The molecule has 0 aromatic carbocycles. The fraction of sp³-hybridized carbons (Fsp3) is 0.583. The maximum atomic E-state index is 11.2. The summed E-state index contributed by atoms with van der Waals surface area (Å²) in [7, 11) is 0. The molecule has 1 aromatic heterocycles. The van der Waals surface area contributed by atoms with Crippen molar-refractivity contribution in [1.82, 2.24) is 10.2 Å². The van der Waals surface area contributed by atoms with Gasteiger partial charge in [-0.3, -0.25) is 0 Å². The summed E-state index contributed by atoms with van der Waals surface area (Å²) in [5.41, 5.74) is 1.36. The highest BCUT2D eigenvalue weighted by Crippen LogP contribution is 2.18. The Bertz CT molecular complexity index is 435. The lowest BCUT2D eigenvalue weighted by molar-refractivity contribution is 0.0696. The summed E-state index contributed by atoms with van der Waals surface area (Å²) < 4.78 is 0. The quantitative estimate of drug-likeness (QED) is 0.708. The number of hydrogen-bond donors (Lipinski definition) is 3. The van der Waals surface area contributed by atoms with Gasteiger partial charge in [0, 0.05) is 6.54 Å². The molecule has 3 N–H and O–H groups in total. The highest BCUT2D eigenvalue weighted by molar-refractivity contribution is 5.94. The van der Waals surface area contributed by atoms with Crippen LogP contribution in [0.25, 0.3) is 0 Å². The average Bonchev–Trinajstić information content (AvgIpc) is 2.33. The van der Waals surface area contributed by atoms with E-state index in [0.717, 1.165) is 0 Å². The number of anilines is 1. The van der Waals surface area contributed by atoms with E-state index in [-0.39, 0.29) is 17.5 Å². The van der Waals surface area contributed by atoms with Gasteiger partial charge in [-0.2, -0.15) is 5.10 Å². The summed E-state index contributed by atoms with van der Waals surface area (Å²) in [5.74, 6) is -0.766. The molecule has 1 aromatic rings. The zero-order valence-electron chi connectivity index (χ0n) is 10.9. The number of aromatic nitrogens is 2. The molecule has 0 amide bonds. The third-order valence-electron chi connectivity index (χ3n) is 2.91. The number of carboxylic acids is 1. The minimum absolute atomic E-state index is 0.147. The molecule has 0 fully saturated rings. The van der Waals surface area contributed by atoms with Crippen LogP contribution in [0.1, 0.15) is 41.4 Å². The summed E-state index contributed by atoms with van der Waals surface area (Å²) in [5, 5.41) is 29.3. The van der Waals surface area contributed by atoms with Crippen molar-refractivity contribution in [3.63, 3.8) is 0 Å². The van der Waals surface area contributed by atoms with Crippen molar-refractivity contribution < 1.29 is 15.0 Å². The first-order valence-electron chi connectivity index (χ1n) is 5.96. The van der Waals surface area contributed by atoms with E-state index in [1.54, 1.807) is 13.8 Å². The summed E-state index contributed by atoms with van der Waals surface area (Å²) in [4.78, 5) is 11.2. The minimum Gasteiger partial charge on any atom is -0.478 e. The number of aliphatic hydroxyl groups is 1. The van der Waals surface area contributed by atoms with Gasteiger partial charge in [0.2, 0.25) is 0 Å². The van der Waals surface area contributed by atoms with Crippen LogP contribution in [0, 0.1) is 13.8 Å². The van der Waals surface area contributed by atoms with E-state index >= 15 is 0 Å². The summed E-state index contributed by atoms with van der Waals surface area (Å²) in [6, 6.07) is 0. The van der Waals surface area contributed by atoms with Crippen LogP contribution in [-0.4, -0.2) is 39.0 Å². The van der Waals surface area contributed by atoms with E-state index in [1.807, 2.05) is 6.92 Å². The predicted molar refractivity (Wildman–Crippen MR) is 67.9 cm³/mol. The van der Waals surface area contributed by atoms with Gasteiger partial charge in [-0.15, -0.1) is 5.10 Å². The molecule has 1 unspecified atom stereocenters. The Labute approximate surface area is 106 Å². The van der Waals surface area contributed by atoms with Crippen LogP contribution in [0.2, 0.25) is 0 Å². The maximum absolute atomic E-state index is 11.2. The second kappa shape index (κ2) is 6.30. The molecule has 1 heterocycles. The first kappa shape index (κ1) is 14.4. The molecule has 100 valence electrons. The number of aromatic carboxylic acids is 1. The Balaban J connectivity index is 2.83. The zero-order valence-corrected chi connectivity index (χ0v) is 10.9. The number of rotatable bonds is 6. The average molecular weight is 253 g/mol. The van der Waals surface area contributed by atoms with Gasteiger partial charge in [-0.1, -0.05) is 6.92 Å². The van der Waals surface area contributed by atoms with Gasteiger partial charge in [-0.25, -0.2) is 4.79 Å². The number of nitrogens with one attached hydrogen (secondary N) is 1. The number of aryl methyl sites for hydroxylation is 1. The third-order valence-corrected chi connectivity index (χ3v) is 2.91. The fourth-order valence-electron chi connectivity index (χ4n) is 1.56. The molecule has 0 radical (unpaired) electrons. The largest absolute Gasteiger partial charge is 0.478 e. The lowest BCUT2D eigenvalue weighted by Crippen LogP contribution is -2.17. The second-order valence-corrected chi connectivity index (χ2v) is 4.22. The van der Waals surface area contributed by atoms with Crippen LogP contribution in [0.4, 0.5) is 5.82 Å². The van der Waals surface area contributed by atoms with E-state index in [9.17, 15) is 9.90 Å². The Morgan fingerprint density at radius 2 is 2.06 bits per heavy atom. The molecule has 1 rings (SSSR count). The lowest BCUT2D eigenvalue weighted by Gasteiger charge is -2.12. The van der Waals surface area contributed by atoms with Crippen LogP contribution in [0.15, 0.2) is 0 Å². The van der Waals surface area contributed by atoms with E-state index < -0.39 is 5.97 Å². The number of nitrogens with zero attached hydrogens (tertiary/aromatic N) is 2. The van der Waals surface area contributed by atoms with E-state index in [4.69, 9.17) is 5.11 Å². The van der Waals surface area contributed by atoms with Crippen LogP contribution >= 0.6 is 0 Å². The van der Waals surface area contributed by atoms with Crippen molar-refractivity contribution in [3.05, 3.63) is 16.8 Å². The van der Waals surface area contributed by atoms with Gasteiger partial charge < -0.3 is 15.5 Å². The molecular formula is C12H19N3O3. The van der Waals surface area contributed by atoms with Gasteiger partial charge in [0.05, 0.1) is 11.8 Å². The van der Waals surface area contributed by atoms with E-state index in [0.29, 0.717) is 30.6 Å². The molecular weight excluding hydrogens is 234 g/mol. The van der Waals surface area contributed by atoms with Gasteiger partial charge >= 0.3 is 5.97 Å². The second-order valence-electron chi connectivity index (χ2n) is 4.22. The molecule has 0 spiro atoms. The van der Waals surface area contributed by atoms with Crippen LogP contribution in [0.5, 0.6) is 0 Å². The molecule has 6 heteroatoms. The van der Waals surface area contributed by atoms with Crippen LogP contribution in [0.3, 0.4) is 0 Å². The van der Waals surface area contributed by atoms with E-state index in [2.05, 4.69) is 15.5 Å². The standard InChI is InChI=1S/C12H19N3O3/c1-4-9(16)5-6-13-11-10(12(17)18)7(2)8(3)14-15-11/h9,16H,4-6H2,1-3H3,(H,13,15)(H,17,18). The van der Waals surface area contributed by atoms with Crippen molar-refractivity contribution in [2.45, 2.75) is 39.7 Å². The van der Waals surface area contributed by atoms with Crippen molar-refractivity contribution in [2.24, 2.45) is 0 Å². The molecule has 0 aliphatic rings. The van der Waals surface area contributed by atoms with Crippen LogP contribution in [-0.2, 0) is 0 Å². The van der Waals surface area contributed by atoms with Crippen molar-refractivity contribution in [2.75, 3.05) is 11.9 Å². The third kappa shape index (κ3) is 3.40. The van der Waals surface area contributed by atoms with Gasteiger partial charge in [-0.05, 0) is 32.3 Å². The van der Waals surface area contributed by atoms with Crippen molar-refractivity contribution in [3.8, 4) is 0 Å². The summed E-state index contributed by atoms with van der Waals surface area (Å²) >= 11 is 0. The first-order chi connectivity index (χ1) is 8.47. The molecule has 0 saturated carbocycles. The van der Waals surface area contributed by atoms with Crippen LogP contribution < -0.4 is 5.32 Å². The summed E-state index contributed by atoms with van der Waals surface area (Å²) in [6.45, 7) is 5.79. The van der Waals surface area contributed by atoms with Gasteiger partial charge in [0.1, 0.15) is 5.56 Å². The van der Waals surface area contributed by atoms with Gasteiger partial charge in [0.15, 0.2) is 5.82 Å². The monoisotopic (exact) mass is 253 g/mol. The molecule has 0 aliphatic carbocycles. The highest BCUT2D eigenvalue weighted by Gasteiger charge is 2.17. The molecule has 18 heavy (non-hydrogen) atoms. The molecule has 1 atom stereocenters. The Kier molecular flexibility index (Phi) is 5.03. The predicted octanol–water partition coefficient (Wildman–Crippen LogP) is 1.36. The Hall–Kier alpha value is -1.69. The highest BCUT2D eigenvalue weighted by atomic mass is 16.4. The normalized spacial score (nSPS) is 12.2. The van der Waals surface area contributed by atoms with Crippen molar-refractivity contribution in [1.29, 1.82) is 0 Å². The molecule has 6 nitrogen and oxygen atoms in total.